The zero-order chi connectivity index (χ0) is 57.4. The molecule has 0 aliphatic carbocycles. The monoisotopic (exact) mass is 1070 g/mol. The summed E-state index contributed by atoms with van der Waals surface area (Å²) in [6.45, 7) is 33.9. The van der Waals surface area contributed by atoms with Gasteiger partial charge in [-0.15, -0.1) is 0 Å². The second kappa shape index (κ2) is 48.8. The van der Waals surface area contributed by atoms with Crippen molar-refractivity contribution < 1.29 is 0 Å². The lowest BCUT2D eigenvalue weighted by Gasteiger charge is -2.34. The Morgan fingerprint density at radius 2 is 0.935 bits per heavy atom. The van der Waals surface area contributed by atoms with E-state index in [9.17, 15) is 0 Å². The summed E-state index contributed by atoms with van der Waals surface area (Å²) in [7, 11) is 0. The SMILES string of the molecule is C=C(C(CCCCCCCCCCCC)CC(C)CCCCCCCCCCCC)C(C)(C)CC.CCC.CCC(C)=Nc1c(NC(N)(N)c2ccccc2)nc2ccccc2c1C.CCCCCCCCCCCCC. The topological polar surface area (TPSA) is 89.3 Å². The largest absolute Gasteiger partial charge is 0.334 e. The molecule has 5 N–H and O–H groups in total. The van der Waals surface area contributed by atoms with E-state index in [1.54, 1.807) is 5.57 Å². The Labute approximate surface area is 481 Å². The first kappa shape index (κ1) is 74.0. The number of aliphatic imine (C=N–C) groups is 1. The molecule has 0 bridgehead atoms. The normalized spacial score (nSPS) is 12.5. The summed E-state index contributed by atoms with van der Waals surface area (Å²) in [5.74, 6) is 0.912. The Hall–Kier alpha value is -3.02. The van der Waals surface area contributed by atoms with E-state index in [1.165, 1.54) is 231 Å². The zero-order valence-electron chi connectivity index (χ0n) is 53.8. The van der Waals surface area contributed by atoms with Gasteiger partial charge in [0, 0.05) is 16.7 Å². The van der Waals surface area contributed by atoms with Gasteiger partial charge in [-0.05, 0) is 68.4 Å². The van der Waals surface area contributed by atoms with Crippen molar-refractivity contribution in [1.82, 2.24) is 4.98 Å². The molecule has 1 heterocycles. The molecule has 0 saturated carbocycles. The van der Waals surface area contributed by atoms with E-state index in [0.717, 1.165) is 51.7 Å². The van der Waals surface area contributed by atoms with Gasteiger partial charge in [0.1, 0.15) is 5.69 Å². The van der Waals surface area contributed by atoms with Crippen molar-refractivity contribution in [3.05, 3.63) is 77.9 Å². The number of fused-ring (bicyclic) bond motifs is 1. The standard InChI is InChI=1S/C35H70.C21H25N5.C13H28.C3H8/c1-8-11-13-15-17-19-21-23-25-27-29-32(4)31-34(33(5)35(6,7)10-3)30-28-26-24-22-20-18-16-14-12-9-2;1-4-14(2)24-19-15(3)17-12-8-9-13-18(17)25-20(19)26-21(22,23)16-10-6-5-7-11-16;1-3-5-7-9-11-13-12-10-8-6-4-2;1-3-2/h32,34H,5,8-31H2,1-4,6-7H3;5-13H,4,22-23H2,1-3H3,(H,25,26);3-13H2,1-2H3;3H2,1-2H3. The summed E-state index contributed by atoms with van der Waals surface area (Å²) in [4.78, 5) is 9.54. The van der Waals surface area contributed by atoms with Gasteiger partial charge in [-0.1, -0.05) is 349 Å². The number of hydrogen-bond donors (Lipinski definition) is 3. The van der Waals surface area contributed by atoms with Crippen molar-refractivity contribution in [1.29, 1.82) is 0 Å². The molecule has 0 spiro atoms. The highest BCUT2D eigenvalue weighted by atomic mass is 15.3. The summed E-state index contributed by atoms with van der Waals surface area (Å²) in [5, 5.41) is 4.27. The number of aryl methyl sites for hydroxylation is 1. The average molecular weight is 1070 g/mol. The maximum Gasteiger partial charge on any atom is 0.167 e. The number of nitrogens with one attached hydrogen (secondary N) is 1. The van der Waals surface area contributed by atoms with E-state index < -0.39 is 5.79 Å². The number of unbranched alkanes of at least 4 members (excludes halogenated alkanes) is 28. The van der Waals surface area contributed by atoms with Gasteiger partial charge in [-0.25, -0.2) is 4.98 Å². The van der Waals surface area contributed by atoms with Crippen LogP contribution < -0.4 is 16.8 Å². The maximum absolute atomic E-state index is 6.37. The van der Waals surface area contributed by atoms with Crippen LogP contribution in [0, 0.1) is 24.2 Å². The quantitative estimate of drug-likeness (QED) is 0.0228. The minimum absolute atomic E-state index is 0.292. The predicted octanol–water partition coefficient (Wildman–Crippen LogP) is 24.2. The average Bonchev–Trinajstić information content (AvgIpc) is 3.42. The van der Waals surface area contributed by atoms with Crippen molar-refractivity contribution in [3.8, 4) is 0 Å². The van der Waals surface area contributed by atoms with Crippen LogP contribution in [0.15, 0.2) is 71.7 Å². The molecule has 5 heteroatoms. The van der Waals surface area contributed by atoms with Crippen molar-refractivity contribution >= 4 is 28.1 Å². The lowest BCUT2D eigenvalue weighted by atomic mass is 9.72. The number of hydrogen-bond acceptors (Lipinski definition) is 5. The molecular weight excluding hydrogens is 935 g/mol. The van der Waals surface area contributed by atoms with Gasteiger partial charge in [-0.2, -0.15) is 0 Å². The van der Waals surface area contributed by atoms with Crippen LogP contribution in [0.3, 0.4) is 0 Å². The highest BCUT2D eigenvalue weighted by Crippen LogP contribution is 2.40. The Kier molecular flexibility index (Phi) is 46.9. The van der Waals surface area contributed by atoms with Crippen LogP contribution in [0.25, 0.3) is 10.9 Å². The number of benzene rings is 2. The lowest BCUT2D eigenvalue weighted by molar-refractivity contribution is 0.307. The first-order valence-corrected chi connectivity index (χ1v) is 33.2. The van der Waals surface area contributed by atoms with Crippen molar-refractivity contribution in [2.75, 3.05) is 5.32 Å². The predicted molar refractivity (Wildman–Crippen MR) is 351 cm³/mol. The van der Waals surface area contributed by atoms with Gasteiger partial charge in [0.2, 0.25) is 0 Å². The number of nitrogens with two attached hydrogens (primary N) is 2. The molecule has 2 aromatic carbocycles. The third-order valence-corrected chi connectivity index (χ3v) is 16.1. The number of rotatable bonds is 42. The van der Waals surface area contributed by atoms with Crippen LogP contribution in [-0.2, 0) is 5.79 Å². The number of pyridine rings is 1. The van der Waals surface area contributed by atoms with Crippen molar-refractivity contribution in [2.45, 2.75) is 333 Å². The van der Waals surface area contributed by atoms with Gasteiger partial charge in [-0.3, -0.25) is 16.5 Å². The fourth-order valence-electron chi connectivity index (χ4n) is 10.3. The molecule has 0 amide bonds. The Morgan fingerprint density at radius 3 is 1.34 bits per heavy atom. The van der Waals surface area contributed by atoms with Gasteiger partial charge in [0.05, 0.1) is 5.52 Å². The summed E-state index contributed by atoms with van der Waals surface area (Å²) in [5.41, 5.74) is 19.1. The molecule has 2 unspecified atom stereocenters. The van der Waals surface area contributed by atoms with Gasteiger partial charge >= 0.3 is 0 Å². The number of aromatic nitrogens is 1. The van der Waals surface area contributed by atoms with Crippen LogP contribution in [0.4, 0.5) is 11.5 Å². The van der Waals surface area contributed by atoms with E-state index in [0.29, 0.717) is 11.2 Å². The Morgan fingerprint density at radius 1 is 0.558 bits per heavy atom. The molecule has 0 fully saturated rings. The molecule has 0 radical (unpaired) electrons. The van der Waals surface area contributed by atoms with E-state index in [1.807, 2.05) is 62.4 Å². The summed E-state index contributed by atoms with van der Waals surface area (Å²) < 4.78 is 0. The molecule has 5 nitrogen and oxygen atoms in total. The molecule has 2 atom stereocenters. The second-order valence-corrected chi connectivity index (χ2v) is 24.1. The maximum atomic E-state index is 6.37. The number of nitrogens with zero attached hydrogens (tertiary/aromatic N) is 2. The highest BCUT2D eigenvalue weighted by Gasteiger charge is 2.27. The second-order valence-electron chi connectivity index (χ2n) is 24.1. The zero-order valence-corrected chi connectivity index (χ0v) is 53.8. The number of anilines is 1. The van der Waals surface area contributed by atoms with E-state index in [-0.39, 0.29) is 0 Å². The van der Waals surface area contributed by atoms with E-state index in [2.05, 4.69) is 94.1 Å². The van der Waals surface area contributed by atoms with Crippen molar-refractivity contribution in [2.24, 2.45) is 33.7 Å². The number of para-hydroxylation sites is 1. The summed E-state index contributed by atoms with van der Waals surface area (Å²) in [6.07, 6.45) is 52.2. The molecule has 0 saturated heterocycles. The first-order valence-electron chi connectivity index (χ1n) is 33.2. The van der Waals surface area contributed by atoms with Crippen LogP contribution in [-0.4, -0.2) is 10.7 Å². The van der Waals surface area contributed by atoms with Gasteiger partial charge < -0.3 is 5.32 Å². The summed E-state index contributed by atoms with van der Waals surface area (Å²) in [6, 6.07) is 17.5. The Bertz CT molecular complexity index is 1820. The van der Waals surface area contributed by atoms with E-state index >= 15 is 0 Å². The molecule has 77 heavy (non-hydrogen) atoms. The number of allylic oxidation sites excluding steroid dienone is 1. The van der Waals surface area contributed by atoms with Crippen LogP contribution in [0.2, 0.25) is 0 Å². The van der Waals surface area contributed by atoms with Crippen LogP contribution in [0.5, 0.6) is 0 Å². The highest BCUT2D eigenvalue weighted by molar-refractivity contribution is 5.94. The molecule has 3 rings (SSSR count). The van der Waals surface area contributed by atoms with Gasteiger partial charge in [0.15, 0.2) is 11.6 Å². The lowest BCUT2D eigenvalue weighted by Crippen LogP contribution is -2.53. The first-order chi connectivity index (χ1) is 37.1. The fraction of sp³-hybridized carbons (Fsp3) is 0.750. The molecule has 1 aromatic heterocycles. The Balaban J connectivity index is 0.00000120. The molecule has 0 aliphatic heterocycles. The minimum atomic E-state index is -1.26. The molecule has 444 valence electrons. The fourth-order valence-corrected chi connectivity index (χ4v) is 10.3. The smallest absolute Gasteiger partial charge is 0.167 e. The molecule has 3 aromatic rings. The summed E-state index contributed by atoms with van der Waals surface area (Å²) >= 11 is 0. The molecular formula is C72H131N5. The van der Waals surface area contributed by atoms with Crippen molar-refractivity contribution in [3.63, 3.8) is 0 Å². The van der Waals surface area contributed by atoms with Crippen LogP contribution in [0.1, 0.15) is 332 Å². The van der Waals surface area contributed by atoms with Crippen LogP contribution >= 0.6 is 0 Å². The van der Waals surface area contributed by atoms with E-state index in [4.69, 9.17) is 21.4 Å². The minimum Gasteiger partial charge on any atom is -0.334 e. The third-order valence-electron chi connectivity index (χ3n) is 16.1. The third kappa shape index (κ3) is 36.8. The molecule has 0 aliphatic rings. The van der Waals surface area contributed by atoms with Gasteiger partial charge in [0.25, 0.3) is 0 Å².